The van der Waals surface area contributed by atoms with Gasteiger partial charge in [-0.25, -0.2) is 0 Å². The summed E-state index contributed by atoms with van der Waals surface area (Å²) in [4.78, 5) is 46.0. The molecule has 0 unspecified atom stereocenters. The molecule has 0 N–H and O–H groups in total. The quantitative estimate of drug-likeness (QED) is 0.466. The van der Waals surface area contributed by atoms with E-state index < -0.39 is 21.7 Å². The first-order valence-corrected chi connectivity index (χ1v) is 9.23. The average molecular weight is 416 g/mol. The van der Waals surface area contributed by atoms with Crippen molar-refractivity contribution >= 4 is 23.1 Å². The number of ketones is 4. The summed E-state index contributed by atoms with van der Waals surface area (Å²) in [5.41, 5.74) is -1.61. The minimum Gasteiger partial charge on any atom is -0.299 e. The number of carbonyl (C=O) groups is 4. The molecular weight excluding hydrogens is 376 g/mol. The van der Waals surface area contributed by atoms with Gasteiger partial charge in [0.1, 0.15) is 23.1 Å². The van der Waals surface area contributed by atoms with Crippen LogP contribution in [0.15, 0.2) is 0 Å². The van der Waals surface area contributed by atoms with Crippen molar-refractivity contribution in [2.75, 3.05) is 0 Å². The Labute approximate surface area is 181 Å². The maximum Gasteiger partial charge on any atom is 0.145 e. The van der Waals surface area contributed by atoms with E-state index in [1.54, 1.807) is 0 Å². The Balaban J connectivity index is -0.000000411. The normalized spacial score (nSPS) is 12.3. The van der Waals surface area contributed by atoms with Gasteiger partial charge < -0.3 is 0 Å². The number of hydrogen-bond donors (Lipinski definition) is 0. The molecule has 0 aliphatic carbocycles. The van der Waals surface area contributed by atoms with Gasteiger partial charge in [-0.2, -0.15) is 0 Å². The molecule has 4 nitrogen and oxygen atoms in total. The van der Waals surface area contributed by atoms with Gasteiger partial charge in [0, 0.05) is 43.4 Å². The summed E-state index contributed by atoms with van der Waals surface area (Å²) in [5, 5.41) is 0. The minimum atomic E-state index is -0.402. The van der Waals surface area contributed by atoms with Crippen LogP contribution >= 0.6 is 0 Å². The molecule has 156 valence electrons. The Morgan fingerprint density at radius 2 is 0.519 bits per heavy atom. The molecule has 0 bridgehead atoms. The molecule has 0 aromatic heterocycles. The van der Waals surface area contributed by atoms with E-state index in [2.05, 4.69) is 0 Å². The van der Waals surface area contributed by atoms with Crippen molar-refractivity contribution in [3.8, 4) is 0 Å². The van der Waals surface area contributed by atoms with Crippen molar-refractivity contribution in [1.29, 1.82) is 0 Å². The van der Waals surface area contributed by atoms with Gasteiger partial charge in [-0.3, -0.25) is 19.2 Å². The van der Waals surface area contributed by atoms with E-state index in [0.29, 0.717) is 0 Å². The minimum absolute atomic E-state index is 0. The van der Waals surface area contributed by atoms with Gasteiger partial charge in [-0.05, 0) is 0 Å². The van der Waals surface area contributed by atoms with Crippen molar-refractivity contribution in [3.63, 3.8) is 0 Å². The molecule has 27 heavy (non-hydrogen) atoms. The standard InChI is InChI=1S/2C11H20O2.Ti/c2*1-10(2,3)8(12)7-9(13)11(4,5)6;/h2*7H2,1-6H3;. The van der Waals surface area contributed by atoms with Crippen LogP contribution in [0.5, 0.6) is 0 Å². The first kappa shape index (κ1) is 31.1. The summed E-state index contributed by atoms with van der Waals surface area (Å²) in [6, 6.07) is 0. The predicted octanol–water partition coefficient (Wildman–Crippen LogP) is 5.21. The Bertz CT molecular complexity index is 435. The third-order valence-electron chi connectivity index (χ3n) is 3.99. The van der Waals surface area contributed by atoms with Crippen LogP contribution in [-0.4, -0.2) is 23.1 Å². The topological polar surface area (TPSA) is 68.3 Å². The molecule has 0 atom stereocenters. The molecule has 0 saturated carbocycles. The van der Waals surface area contributed by atoms with Gasteiger partial charge in [-0.15, -0.1) is 0 Å². The van der Waals surface area contributed by atoms with Gasteiger partial charge in [-0.1, -0.05) is 83.1 Å². The fourth-order valence-corrected chi connectivity index (χ4v) is 1.35. The fraction of sp³-hybridized carbons (Fsp3) is 0.818. The number of hydrogen-bond acceptors (Lipinski definition) is 4. The van der Waals surface area contributed by atoms with Crippen LogP contribution in [0.2, 0.25) is 0 Å². The third-order valence-corrected chi connectivity index (χ3v) is 3.99. The van der Waals surface area contributed by atoms with Crippen LogP contribution in [0.25, 0.3) is 0 Å². The summed E-state index contributed by atoms with van der Waals surface area (Å²) in [6.45, 7) is 22.1. The van der Waals surface area contributed by atoms with E-state index in [1.807, 2.05) is 83.1 Å². The van der Waals surface area contributed by atoms with Crippen LogP contribution in [0, 0.1) is 21.7 Å². The van der Waals surface area contributed by atoms with Crippen molar-refractivity contribution in [2.24, 2.45) is 21.7 Å². The Hall–Kier alpha value is -0.606. The Morgan fingerprint density at radius 1 is 0.407 bits per heavy atom. The molecule has 0 fully saturated rings. The van der Waals surface area contributed by atoms with E-state index >= 15 is 0 Å². The zero-order valence-electron chi connectivity index (χ0n) is 19.5. The second-order valence-electron chi connectivity index (χ2n) is 11.0. The first-order chi connectivity index (χ1) is 11.1. The van der Waals surface area contributed by atoms with Crippen molar-refractivity contribution in [2.45, 2.75) is 95.9 Å². The van der Waals surface area contributed by atoms with Crippen molar-refractivity contribution < 1.29 is 40.9 Å². The maximum atomic E-state index is 11.5. The van der Waals surface area contributed by atoms with Gasteiger partial charge in [0.2, 0.25) is 0 Å². The molecule has 0 spiro atoms. The zero-order chi connectivity index (χ0) is 21.7. The van der Waals surface area contributed by atoms with Gasteiger partial charge in [0.05, 0.1) is 12.8 Å². The molecule has 0 aliphatic rings. The van der Waals surface area contributed by atoms with Crippen LogP contribution in [0.1, 0.15) is 95.9 Å². The number of rotatable bonds is 4. The van der Waals surface area contributed by atoms with Gasteiger partial charge in [0.15, 0.2) is 0 Å². The van der Waals surface area contributed by atoms with E-state index in [-0.39, 0.29) is 57.7 Å². The molecule has 0 amide bonds. The molecule has 0 aromatic rings. The maximum absolute atomic E-state index is 11.5. The van der Waals surface area contributed by atoms with Crippen molar-refractivity contribution in [3.05, 3.63) is 0 Å². The average Bonchev–Trinajstić information content (AvgIpc) is 2.34. The molecule has 5 heteroatoms. The smallest absolute Gasteiger partial charge is 0.145 e. The number of carbonyl (C=O) groups excluding carboxylic acids is 4. The summed E-state index contributed by atoms with van der Waals surface area (Å²) in [7, 11) is 0. The first-order valence-electron chi connectivity index (χ1n) is 9.23. The summed E-state index contributed by atoms with van der Waals surface area (Å²) in [6.07, 6.45) is 0.125. The van der Waals surface area contributed by atoms with Crippen LogP contribution in [0.3, 0.4) is 0 Å². The van der Waals surface area contributed by atoms with Crippen LogP contribution in [-0.2, 0) is 40.9 Å². The van der Waals surface area contributed by atoms with E-state index in [9.17, 15) is 19.2 Å². The van der Waals surface area contributed by atoms with Crippen molar-refractivity contribution in [1.82, 2.24) is 0 Å². The molecular formula is C22H40O4Ti. The fourth-order valence-electron chi connectivity index (χ4n) is 1.35. The molecule has 0 rings (SSSR count). The van der Waals surface area contributed by atoms with E-state index in [4.69, 9.17) is 0 Å². The van der Waals surface area contributed by atoms with Gasteiger partial charge >= 0.3 is 0 Å². The largest absolute Gasteiger partial charge is 0.299 e. The number of Topliss-reactive ketones (excluding diaryl/α,β-unsaturated/α-hetero) is 4. The zero-order valence-corrected chi connectivity index (χ0v) is 21.1. The monoisotopic (exact) mass is 416 g/mol. The Morgan fingerprint density at radius 3 is 0.593 bits per heavy atom. The molecule has 0 heterocycles. The molecule has 0 radical (unpaired) electrons. The SMILES string of the molecule is CC(C)(C)C(=O)CC(=O)C(C)(C)C.CC(C)(C)C(=O)CC(=O)C(C)(C)C.[Ti]. The second-order valence-corrected chi connectivity index (χ2v) is 11.0. The second kappa shape index (κ2) is 10.8. The molecule has 0 saturated heterocycles. The summed E-state index contributed by atoms with van der Waals surface area (Å²) < 4.78 is 0. The van der Waals surface area contributed by atoms with Crippen LogP contribution < -0.4 is 0 Å². The molecule has 0 aliphatic heterocycles. The third kappa shape index (κ3) is 14.1. The van der Waals surface area contributed by atoms with E-state index in [1.165, 1.54) is 0 Å². The van der Waals surface area contributed by atoms with E-state index in [0.717, 1.165) is 0 Å². The predicted molar refractivity (Wildman–Crippen MR) is 107 cm³/mol. The van der Waals surface area contributed by atoms with Crippen LogP contribution in [0.4, 0.5) is 0 Å². The summed E-state index contributed by atoms with van der Waals surface area (Å²) >= 11 is 0. The Kier molecular flexibility index (Phi) is 12.4. The van der Waals surface area contributed by atoms with Gasteiger partial charge in [0.25, 0.3) is 0 Å². The summed E-state index contributed by atoms with van der Waals surface area (Å²) in [5.74, 6) is 0.0831. The molecule has 0 aromatic carbocycles.